The predicted octanol–water partition coefficient (Wildman–Crippen LogP) is 2.83. The van der Waals surface area contributed by atoms with Gasteiger partial charge in [0.25, 0.3) is 5.56 Å². The molecule has 1 aromatic heterocycles. The van der Waals surface area contributed by atoms with Gasteiger partial charge in [-0.25, -0.2) is 4.98 Å². The first-order valence-corrected chi connectivity index (χ1v) is 11.0. The molecule has 0 aliphatic carbocycles. The Morgan fingerprint density at radius 2 is 2.03 bits per heavy atom. The van der Waals surface area contributed by atoms with Crippen molar-refractivity contribution in [1.82, 2.24) is 19.4 Å². The van der Waals surface area contributed by atoms with Crippen LogP contribution in [-0.4, -0.2) is 64.7 Å². The highest BCUT2D eigenvalue weighted by molar-refractivity contribution is 5.77. The zero-order valence-electron chi connectivity index (χ0n) is 18.6. The van der Waals surface area contributed by atoms with Crippen LogP contribution in [0.1, 0.15) is 51.9 Å². The van der Waals surface area contributed by atoms with Gasteiger partial charge in [0.1, 0.15) is 5.82 Å². The maximum atomic E-state index is 13.2. The van der Waals surface area contributed by atoms with Crippen molar-refractivity contribution >= 4 is 16.8 Å². The van der Waals surface area contributed by atoms with E-state index in [9.17, 15) is 9.59 Å². The van der Waals surface area contributed by atoms with Crippen LogP contribution in [0.25, 0.3) is 10.9 Å². The van der Waals surface area contributed by atoms with Crippen LogP contribution in [0.15, 0.2) is 29.1 Å². The van der Waals surface area contributed by atoms with Gasteiger partial charge in [-0.2, -0.15) is 0 Å². The quantitative estimate of drug-likeness (QED) is 0.664. The summed E-state index contributed by atoms with van der Waals surface area (Å²) >= 11 is 0. The van der Waals surface area contributed by atoms with Crippen molar-refractivity contribution in [2.45, 2.75) is 58.7 Å². The summed E-state index contributed by atoms with van der Waals surface area (Å²) in [5.41, 5.74) is 0.713. The fraction of sp³-hybridized carbons (Fsp3) is 0.609. The first-order chi connectivity index (χ1) is 14.5. The topological polar surface area (TPSA) is 67.7 Å². The number of benzene rings is 1. The van der Waals surface area contributed by atoms with Gasteiger partial charge in [0.2, 0.25) is 5.91 Å². The van der Waals surface area contributed by atoms with E-state index in [2.05, 4.69) is 18.7 Å². The average Bonchev–Trinajstić information content (AvgIpc) is 2.74. The molecule has 2 aromatic rings. The highest BCUT2D eigenvalue weighted by Gasteiger charge is 2.32. The monoisotopic (exact) mass is 414 g/mol. The third kappa shape index (κ3) is 4.57. The van der Waals surface area contributed by atoms with Crippen molar-refractivity contribution in [3.05, 3.63) is 40.4 Å². The molecule has 2 atom stereocenters. The number of rotatable bonds is 8. The zero-order chi connectivity index (χ0) is 21.7. The number of methoxy groups -OCH3 is 1. The molecule has 1 fully saturated rings. The Labute approximate surface area is 178 Å². The first-order valence-electron chi connectivity index (χ1n) is 11.0. The van der Waals surface area contributed by atoms with Gasteiger partial charge in [-0.3, -0.25) is 19.1 Å². The summed E-state index contributed by atoms with van der Waals surface area (Å²) in [7, 11) is 1.64. The minimum Gasteiger partial charge on any atom is -0.383 e. The van der Waals surface area contributed by atoms with E-state index in [1.807, 2.05) is 36.1 Å². The first kappa shape index (κ1) is 22.4. The van der Waals surface area contributed by atoms with Gasteiger partial charge in [0.05, 0.1) is 30.1 Å². The normalized spacial score (nSPS) is 18.7. The molecule has 164 valence electrons. The lowest BCUT2D eigenvalue weighted by atomic mass is 10.1. The number of carbonyl (C=O) groups is 1. The van der Waals surface area contributed by atoms with E-state index in [4.69, 9.17) is 9.72 Å². The van der Waals surface area contributed by atoms with Crippen molar-refractivity contribution in [3.8, 4) is 0 Å². The second kappa shape index (κ2) is 10.2. The molecule has 1 saturated heterocycles. The predicted molar refractivity (Wildman–Crippen MR) is 119 cm³/mol. The highest BCUT2D eigenvalue weighted by atomic mass is 16.5. The van der Waals surface area contributed by atoms with E-state index in [1.165, 1.54) is 0 Å². The van der Waals surface area contributed by atoms with E-state index in [-0.39, 0.29) is 23.6 Å². The van der Waals surface area contributed by atoms with E-state index in [0.29, 0.717) is 31.5 Å². The molecule has 7 nitrogen and oxygen atoms in total. The third-order valence-corrected chi connectivity index (χ3v) is 5.98. The van der Waals surface area contributed by atoms with Gasteiger partial charge in [-0.15, -0.1) is 0 Å². The van der Waals surface area contributed by atoms with Crippen LogP contribution in [0, 0.1) is 0 Å². The molecule has 2 heterocycles. The fourth-order valence-corrected chi connectivity index (χ4v) is 4.44. The molecule has 0 saturated carbocycles. The van der Waals surface area contributed by atoms with Gasteiger partial charge in [0, 0.05) is 39.2 Å². The Balaban J connectivity index is 1.94. The molecular weight excluding hydrogens is 380 g/mol. The zero-order valence-corrected chi connectivity index (χ0v) is 18.6. The molecular formula is C23H34N4O3. The largest absolute Gasteiger partial charge is 0.383 e. The molecule has 7 heteroatoms. The average molecular weight is 415 g/mol. The maximum absolute atomic E-state index is 13.2. The number of aromatic nitrogens is 2. The van der Waals surface area contributed by atoms with Crippen molar-refractivity contribution in [1.29, 1.82) is 0 Å². The molecule has 1 aliphatic rings. The van der Waals surface area contributed by atoms with E-state index in [0.717, 1.165) is 37.3 Å². The second-order valence-electron chi connectivity index (χ2n) is 8.04. The number of hydrogen-bond donors (Lipinski definition) is 0. The van der Waals surface area contributed by atoms with Crippen LogP contribution in [0.3, 0.4) is 0 Å². The SMILES string of the molecule is CCCC(=O)N1CCN(C(CC)c2nc3ccccc3c(=O)n2CCOC)CC1C. The number of para-hydroxylation sites is 1. The van der Waals surface area contributed by atoms with E-state index in [1.54, 1.807) is 11.7 Å². The number of ether oxygens (including phenoxy) is 1. The van der Waals surface area contributed by atoms with Crippen molar-refractivity contribution in [2.75, 3.05) is 33.4 Å². The van der Waals surface area contributed by atoms with Crippen molar-refractivity contribution < 1.29 is 9.53 Å². The molecule has 30 heavy (non-hydrogen) atoms. The van der Waals surface area contributed by atoms with Crippen molar-refractivity contribution in [2.24, 2.45) is 0 Å². The lowest BCUT2D eigenvalue weighted by molar-refractivity contribution is -0.136. The fourth-order valence-electron chi connectivity index (χ4n) is 4.44. The Morgan fingerprint density at radius 3 is 2.70 bits per heavy atom. The summed E-state index contributed by atoms with van der Waals surface area (Å²) in [6.07, 6.45) is 2.31. The Kier molecular flexibility index (Phi) is 7.61. The molecule has 1 aromatic carbocycles. The molecule has 0 N–H and O–H groups in total. The van der Waals surface area contributed by atoms with E-state index < -0.39 is 0 Å². The molecule has 1 amide bonds. The summed E-state index contributed by atoms with van der Waals surface area (Å²) < 4.78 is 7.04. The molecule has 0 radical (unpaired) electrons. The number of carbonyl (C=O) groups excluding carboxylic acids is 1. The number of amides is 1. The summed E-state index contributed by atoms with van der Waals surface area (Å²) in [5.74, 6) is 1.03. The van der Waals surface area contributed by atoms with Crippen LogP contribution in [0.2, 0.25) is 0 Å². The Bertz CT molecular complexity index is 926. The summed E-state index contributed by atoms with van der Waals surface area (Å²) in [6.45, 7) is 9.49. The second-order valence-corrected chi connectivity index (χ2v) is 8.04. The lowest BCUT2D eigenvalue weighted by Gasteiger charge is -2.43. The lowest BCUT2D eigenvalue weighted by Crippen LogP contribution is -2.55. The summed E-state index contributed by atoms with van der Waals surface area (Å²) in [4.78, 5) is 35.0. The summed E-state index contributed by atoms with van der Waals surface area (Å²) in [6, 6.07) is 7.68. The highest BCUT2D eigenvalue weighted by Crippen LogP contribution is 2.26. The molecule has 0 bridgehead atoms. The number of fused-ring (bicyclic) bond motifs is 1. The summed E-state index contributed by atoms with van der Waals surface area (Å²) in [5, 5.41) is 0.635. The third-order valence-electron chi connectivity index (χ3n) is 5.98. The standard InChI is InChI=1S/C23H34N4O3/c1-5-9-21(28)26-13-12-25(16-17(26)3)20(6-2)22-24-19-11-8-7-10-18(19)23(29)27(22)14-15-30-4/h7-8,10-11,17,20H,5-6,9,12-16H2,1-4H3. The van der Waals surface area contributed by atoms with Crippen LogP contribution < -0.4 is 5.56 Å². The van der Waals surface area contributed by atoms with Crippen LogP contribution in [0.5, 0.6) is 0 Å². The molecule has 1 aliphatic heterocycles. The van der Waals surface area contributed by atoms with Crippen LogP contribution in [-0.2, 0) is 16.1 Å². The smallest absolute Gasteiger partial charge is 0.261 e. The van der Waals surface area contributed by atoms with Crippen molar-refractivity contribution in [3.63, 3.8) is 0 Å². The molecule has 0 spiro atoms. The van der Waals surface area contributed by atoms with Gasteiger partial charge in [-0.05, 0) is 31.9 Å². The van der Waals surface area contributed by atoms with Gasteiger partial charge >= 0.3 is 0 Å². The molecule has 3 rings (SSSR count). The van der Waals surface area contributed by atoms with E-state index >= 15 is 0 Å². The number of hydrogen-bond acceptors (Lipinski definition) is 5. The van der Waals surface area contributed by atoms with Gasteiger partial charge in [0.15, 0.2) is 0 Å². The minimum atomic E-state index is -0.0177. The van der Waals surface area contributed by atoms with Crippen LogP contribution >= 0.6 is 0 Å². The molecule has 2 unspecified atom stereocenters. The van der Waals surface area contributed by atoms with Crippen LogP contribution in [0.4, 0.5) is 0 Å². The Morgan fingerprint density at radius 1 is 1.27 bits per heavy atom. The van der Waals surface area contributed by atoms with Gasteiger partial charge in [-0.1, -0.05) is 26.0 Å². The van der Waals surface area contributed by atoms with Gasteiger partial charge < -0.3 is 9.64 Å². The Hall–Kier alpha value is -2.25. The number of piperazine rings is 1. The number of nitrogens with zero attached hydrogens (tertiary/aromatic N) is 4. The minimum absolute atomic E-state index is 0.0177. The maximum Gasteiger partial charge on any atom is 0.261 e.